The number of ether oxygens (including phenoxy) is 1. The number of sulfonamides is 2. The van der Waals surface area contributed by atoms with Crippen LogP contribution in [0.3, 0.4) is 0 Å². The molecule has 60 heavy (non-hydrogen) atoms. The minimum absolute atomic E-state index is 0.00991. The van der Waals surface area contributed by atoms with Crippen LogP contribution in [-0.2, 0) is 26.7 Å². The normalized spacial score (nSPS) is 15.5. The van der Waals surface area contributed by atoms with Crippen molar-refractivity contribution in [3.63, 3.8) is 0 Å². The van der Waals surface area contributed by atoms with Crippen LogP contribution in [0.15, 0.2) is 96.7 Å². The lowest BCUT2D eigenvalue weighted by atomic mass is 9.97. The third-order valence-corrected chi connectivity index (χ3v) is 10.4. The van der Waals surface area contributed by atoms with Crippen molar-refractivity contribution in [2.75, 3.05) is 31.5 Å². The summed E-state index contributed by atoms with van der Waals surface area (Å²) in [4.78, 5) is 8.29. The largest absolute Gasteiger partial charge is 0.508 e. The van der Waals surface area contributed by atoms with Crippen LogP contribution in [0.25, 0.3) is 0 Å². The number of halogens is 7. The summed E-state index contributed by atoms with van der Waals surface area (Å²) in [6.45, 7) is 13.8. The Bertz CT molecular complexity index is 2190. The molecule has 3 N–H and O–H groups in total. The van der Waals surface area contributed by atoms with E-state index in [0.29, 0.717) is 38.5 Å². The Hall–Kier alpha value is -2.30. The minimum atomic E-state index is -3.95. The molecule has 0 atom stereocenters. The Morgan fingerprint density at radius 3 is 1.58 bits per heavy atom. The SMILES string of the molecule is BrB(Br)Br.CCN=C(NS(=O)(=O)c1cc(Cl)cc(OCc2ccccc2)c1)N1CC(C)(C)C=N1.CCN=C(NS(=O)(=O)c1cc(O)cc(Cl)c1)N1CC(C)(C)C=N1.ClCCl. The molecule has 2 aliphatic rings. The summed E-state index contributed by atoms with van der Waals surface area (Å²) in [5.74, 6) is 0.438. The van der Waals surface area contributed by atoms with E-state index in [1.165, 1.54) is 29.3 Å². The van der Waals surface area contributed by atoms with E-state index in [4.69, 9.17) is 51.1 Å². The van der Waals surface area contributed by atoms with Crippen molar-refractivity contribution in [2.24, 2.45) is 31.0 Å². The fourth-order valence-corrected chi connectivity index (χ4v) is 7.61. The Morgan fingerprint density at radius 2 is 1.20 bits per heavy atom. The van der Waals surface area contributed by atoms with Crippen LogP contribution in [0.5, 0.6) is 11.5 Å². The zero-order valence-corrected chi connectivity index (χ0v) is 42.9. The van der Waals surface area contributed by atoms with E-state index in [2.05, 4.69) is 76.9 Å². The zero-order valence-electron chi connectivity index (χ0n) is 33.5. The van der Waals surface area contributed by atoms with Gasteiger partial charge in [-0.2, -0.15) is 10.2 Å². The molecular weight excluding hydrogens is 1100 g/mol. The predicted octanol–water partition coefficient (Wildman–Crippen LogP) is 9.51. The number of benzene rings is 3. The van der Waals surface area contributed by atoms with Gasteiger partial charge in [0.1, 0.15) is 18.1 Å². The lowest BCUT2D eigenvalue weighted by Crippen LogP contribution is -2.42. The highest BCUT2D eigenvalue weighted by Crippen LogP contribution is 2.27. The highest BCUT2D eigenvalue weighted by molar-refractivity contribution is 9.69. The van der Waals surface area contributed by atoms with Gasteiger partial charge in [-0.3, -0.25) is 9.98 Å². The van der Waals surface area contributed by atoms with Crippen LogP contribution < -0.4 is 14.2 Å². The molecule has 0 amide bonds. The van der Waals surface area contributed by atoms with Crippen LogP contribution in [0.2, 0.25) is 10.0 Å². The Kier molecular flexibility index (Phi) is 22.5. The van der Waals surface area contributed by atoms with E-state index in [-0.39, 0.29) is 56.9 Å². The van der Waals surface area contributed by atoms with Gasteiger partial charge in [-0.05, 0) is 43.7 Å². The molecule has 0 aromatic heterocycles. The first-order valence-corrected chi connectivity index (χ1v) is 25.3. The van der Waals surface area contributed by atoms with Gasteiger partial charge in [0, 0.05) is 58.5 Å². The maximum absolute atomic E-state index is 13.0. The second kappa shape index (κ2) is 25.1. The third-order valence-electron chi connectivity index (χ3n) is 7.33. The molecule has 330 valence electrons. The molecule has 14 nitrogen and oxygen atoms in total. The van der Waals surface area contributed by atoms with Crippen molar-refractivity contribution >= 4 is 141 Å². The van der Waals surface area contributed by atoms with Crippen molar-refractivity contribution in [3.8, 4) is 11.5 Å². The number of guanidine groups is 2. The smallest absolute Gasteiger partial charge is 0.369 e. The lowest BCUT2D eigenvalue weighted by molar-refractivity contribution is 0.305. The summed E-state index contributed by atoms with van der Waals surface area (Å²) in [5, 5.41) is 21.7. The van der Waals surface area contributed by atoms with Gasteiger partial charge in [-0.1, -0.05) is 81.2 Å². The molecule has 3 aromatic rings. The average molecular weight is 1140 g/mol. The molecule has 0 fully saturated rings. The van der Waals surface area contributed by atoms with E-state index >= 15 is 0 Å². The summed E-state index contributed by atoms with van der Waals surface area (Å²) >= 11 is 30.8. The Morgan fingerprint density at radius 1 is 0.783 bits per heavy atom. The van der Waals surface area contributed by atoms with Crippen LogP contribution in [-0.4, -0.2) is 91.0 Å². The maximum atomic E-state index is 13.0. The topological polar surface area (TPSA) is 178 Å². The average Bonchev–Trinajstić information content (AvgIpc) is 3.70. The van der Waals surface area contributed by atoms with Crippen molar-refractivity contribution in [1.29, 1.82) is 0 Å². The predicted molar refractivity (Wildman–Crippen MR) is 259 cm³/mol. The molecule has 0 spiro atoms. The van der Waals surface area contributed by atoms with Gasteiger partial charge in [0.25, 0.3) is 20.0 Å². The standard InChI is InChI=1S/C21H25ClN4O3S.C14H19ClN4O3S.CH2Cl2.BBr3/c1-4-23-20(26-15-21(2,3)14-24-26)25-30(27,28)19-11-17(22)10-18(12-19)29-13-16-8-6-5-7-9-16;1-4-16-13(19-9-14(2,3)8-17-19)18-23(21,22)12-6-10(15)5-11(20)7-12;2-1-3;2-1(3)4/h5-12,14H,4,13,15H2,1-3H3,(H,23,25);5-8,20H,4,9H2,1-3H3,(H,16,18);1H2;. The number of phenolic OH excluding ortho intramolecular Hbond substituents is 1. The van der Waals surface area contributed by atoms with E-state index in [9.17, 15) is 21.9 Å². The fourth-order valence-electron chi connectivity index (χ4n) is 4.86. The first-order chi connectivity index (χ1) is 28.0. The number of nitrogens with zero attached hydrogens (tertiary/aromatic N) is 6. The summed E-state index contributed by atoms with van der Waals surface area (Å²) in [6.07, 6.45) is 3.53. The molecule has 3 aromatic carbocycles. The quantitative estimate of drug-likeness (QED) is 0.0821. The number of hydrogen-bond acceptors (Lipinski definition) is 10. The summed E-state index contributed by atoms with van der Waals surface area (Å²) in [5.41, 5.74) is 0.620. The summed E-state index contributed by atoms with van der Waals surface area (Å²) < 4.78 is 62.0. The van der Waals surface area contributed by atoms with Crippen molar-refractivity contribution in [2.45, 2.75) is 57.9 Å². The molecule has 0 radical (unpaired) electrons. The third kappa shape index (κ3) is 19.4. The number of alkyl halides is 2. The molecule has 0 aliphatic carbocycles. The first kappa shape index (κ1) is 53.8. The van der Waals surface area contributed by atoms with Crippen molar-refractivity contribution < 1.29 is 26.7 Å². The minimum Gasteiger partial charge on any atom is -0.508 e. The van der Waals surface area contributed by atoms with Gasteiger partial charge in [-0.25, -0.2) is 36.3 Å². The molecule has 24 heteroatoms. The van der Waals surface area contributed by atoms with Crippen LogP contribution in [0.4, 0.5) is 0 Å². The van der Waals surface area contributed by atoms with Gasteiger partial charge in [0.2, 0.25) is 11.9 Å². The number of rotatable bonds is 9. The summed E-state index contributed by atoms with van der Waals surface area (Å²) in [6, 6.07) is 17.6. The van der Waals surface area contributed by atoms with Gasteiger partial charge in [-0.15, -0.1) is 70.5 Å². The van der Waals surface area contributed by atoms with Crippen molar-refractivity contribution in [1.82, 2.24) is 19.5 Å². The molecule has 2 heterocycles. The zero-order chi connectivity index (χ0) is 45.3. The second-order valence-electron chi connectivity index (χ2n) is 13.8. The van der Waals surface area contributed by atoms with Crippen LogP contribution in [0, 0.1) is 10.8 Å². The van der Waals surface area contributed by atoms with Gasteiger partial charge < -0.3 is 9.84 Å². The van der Waals surface area contributed by atoms with Crippen molar-refractivity contribution in [3.05, 3.63) is 82.3 Å². The monoisotopic (exact) mass is 1140 g/mol. The molecule has 0 saturated heterocycles. The molecule has 0 bridgehead atoms. The number of aromatic hydroxyl groups is 1. The number of hydrazone groups is 2. The highest BCUT2D eigenvalue weighted by atomic mass is 79.9. The molecular formula is C36H46BBr3Cl4N8O6S2. The van der Waals surface area contributed by atoms with Crippen LogP contribution >= 0.6 is 93.7 Å². The highest BCUT2D eigenvalue weighted by Gasteiger charge is 2.31. The van der Waals surface area contributed by atoms with E-state index in [0.717, 1.165) is 11.6 Å². The second-order valence-corrected chi connectivity index (χ2v) is 25.3. The van der Waals surface area contributed by atoms with Gasteiger partial charge in [0.05, 0.1) is 28.2 Å². The maximum Gasteiger partial charge on any atom is 0.369 e. The first-order valence-electron chi connectivity index (χ1n) is 17.8. The molecule has 5 rings (SSSR count). The fraction of sp³-hybridized carbons (Fsp3) is 0.389. The number of nitrogens with one attached hydrogen (secondary N) is 2. The van der Waals surface area contributed by atoms with E-state index < -0.39 is 20.0 Å². The van der Waals surface area contributed by atoms with Gasteiger partial charge >= 0.3 is 3.18 Å². The van der Waals surface area contributed by atoms with E-state index in [1.807, 2.05) is 65.0 Å². The van der Waals surface area contributed by atoms with Crippen LogP contribution in [0.1, 0.15) is 47.1 Å². The Balaban J connectivity index is 0.000000367. The molecule has 2 aliphatic heterocycles. The number of hydrogen-bond donors (Lipinski definition) is 3. The number of phenols is 1. The molecule has 0 saturated carbocycles. The lowest BCUT2D eigenvalue weighted by Gasteiger charge is -2.21. The molecule has 0 unspecified atom stereocenters. The van der Waals surface area contributed by atoms with E-state index in [1.54, 1.807) is 30.4 Å². The number of aliphatic imine (C=N–C) groups is 2. The summed E-state index contributed by atoms with van der Waals surface area (Å²) in [7, 11) is -7.89. The van der Waals surface area contributed by atoms with Gasteiger partial charge in [0.15, 0.2) is 0 Å². The Labute approximate surface area is 398 Å².